The van der Waals surface area contributed by atoms with Crippen LogP contribution in [0.1, 0.15) is 46.2 Å². The van der Waals surface area contributed by atoms with Gasteiger partial charge in [0.2, 0.25) is 0 Å². The first-order valence-electron chi connectivity index (χ1n) is 7.49. The van der Waals surface area contributed by atoms with Crippen LogP contribution in [0.2, 0.25) is 0 Å². The molecule has 0 bridgehead atoms. The molecule has 0 spiro atoms. The van der Waals surface area contributed by atoms with Crippen molar-refractivity contribution in [2.24, 2.45) is 0 Å². The van der Waals surface area contributed by atoms with Gasteiger partial charge in [0, 0.05) is 36.5 Å². The monoisotopic (exact) mass is 294 g/mol. The van der Waals surface area contributed by atoms with Gasteiger partial charge < -0.3 is 9.88 Å². The van der Waals surface area contributed by atoms with Crippen LogP contribution in [-0.4, -0.2) is 22.0 Å². The third-order valence-corrected chi connectivity index (χ3v) is 3.93. The van der Waals surface area contributed by atoms with Gasteiger partial charge in [-0.3, -0.25) is 4.79 Å². The predicted octanol–water partition coefficient (Wildman–Crippen LogP) is 2.37. The van der Waals surface area contributed by atoms with E-state index >= 15 is 0 Å². The van der Waals surface area contributed by atoms with E-state index in [1.807, 2.05) is 19.2 Å². The number of benzene rings is 1. The Kier molecular flexibility index (Phi) is 3.92. The lowest BCUT2D eigenvalue weighted by molar-refractivity contribution is 0.0952. The zero-order valence-corrected chi connectivity index (χ0v) is 12.5. The van der Waals surface area contributed by atoms with Crippen molar-refractivity contribution in [1.29, 1.82) is 5.26 Å². The largest absolute Gasteiger partial charge is 0.350 e. The van der Waals surface area contributed by atoms with Crippen LogP contribution < -0.4 is 5.32 Å². The van der Waals surface area contributed by atoms with Gasteiger partial charge in [0.15, 0.2) is 0 Å². The first-order valence-corrected chi connectivity index (χ1v) is 7.49. The first-order chi connectivity index (χ1) is 10.7. The van der Waals surface area contributed by atoms with E-state index in [9.17, 15) is 4.79 Å². The van der Waals surface area contributed by atoms with Gasteiger partial charge in [0.25, 0.3) is 5.91 Å². The highest BCUT2D eigenvalue weighted by Crippen LogP contribution is 2.39. The average molecular weight is 294 g/mol. The number of amides is 1. The number of hydrogen-bond donors (Lipinski definition) is 1. The van der Waals surface area contributed by atoms with Crippen molar-refractivity contribution < 1.29 is 4.79 Å². The quantitative estimate of drug-likeness (QED) is 0.920. The van der Waals surface area contributed by atoms with Crippen molar-refractivity contribution in [3.05, 3.63) is 53.1 Å². The lowest BCUT2D eigenvalue weighted by Crippen LogP contribution is -2.27. The minimum Gasteiger partial charge on any atom is -0.350 e. The molecule has 0 atom stereocenters. The second-order valence-electron chi connectivity index (χ2n) is 5.63. The first kappa shape index (κ1) is 14.3. The van der Waals surface area contributed by atoms with Crippen molar-refractivity contribution in [2.45, 2.75) is 32.2 Å². The molecular weight excluding hydrogens is 276 g/mol. The van der Waals surface area contributed by atoms with Gasteiger partial charge in [-0.1, -0.05) is 0 Å². The Balaban J connectivity index is 1.57. The number of nitriles is 1. The number of carbonyl (C=O) groups excluding carboxylic acids is 1. The molecule has 1 N–H and O–H groups in total. The minimum atomic E-state index is -0.116. The van der Waals surface area contributed by atoms with E-state index < -0.39 is 0 Å². The van der Waals surface area contributed by atoms with Crippen LogP contribution in [-0.2, 0) is 6.54 Å². The highest BCUT2D eigenvalue weighted by atomic mass is 16.1. The molecule has 0 saturated heterocycles. The summed E-state index contributed by atoms with van der Waals surface area (Å²) < 4.78 is 2.19. The van der Waals surface area contributed by atoms with Crippen LogP contribution >= 0.6 is 0 Å². The number of nitrogens with zero attached hydrogens (tertiary/aromatic N) is 3. The van der Waals surface area contributed by atoms with E-state index in [2.05, 4.69) is 14.9 Å². The third kappa shape index (κ3) is 3.01. The van der Waals surface area contributed by atoms with Crippen molar-refractivity contribution in [2.75, 3.05) is 6.54 Å². The standard InChI is InChI=1S/C17H18N4O/c1-12-11-20-16(14-6-7-14)21(12)9-8-19-17(22)15-4-2-13(10-18)3-5-15/h2-5,11,14H,6-9H2,1H3,(H,19,22). The van der Waals surface area contributed by atoms with Gasteiger partial charge in [-0.15, -0.1) is 0 Å². The van der Waals surface area contributed by atoms with Crippen LogP contribution in [0.5, 0.6) is 0 Å². The van der Waals surface area contributed by atoms with Gasteiger partial charge in [-0.2, -0.15) is 5.26 Å². The maximum absolute atomic E-state index is 12.1. The second-order valence-corrected chi connectivity index (χ2v) is 5.63. The molecule has 0 aliphatic heterocycles. The summed E-state index contributed by atoms with van der Waals surface area (Å²) in [7, 11) is 0. The highest BCUT2D eigenvalue weighted by molar-refractivity contribution is 5.94. The average Bonchev–Trinajstić information content (AvgIpc) is 3.32. The van der Waals surface area contributed by atoms with E-state index in [0.29, 0.717) is 23.6 Å². The fraction of sp³-hybridized carbons (Fsp3) is 0.353. The lowest BCUT2D eigenvalue weighted by Gasteiger charge is -2.11. The molecule has 1 aromatic heterocycles. The summed E-state index contributed by atoms with van der Waals surface area (Å²) in [4.78, 5) is 16.5. The van der Waals surface area contributed by atoms with Crippen molar-refractivity contribution >= 4 is 5.91 Å². The summed E-state index contributed by atoms with van der Waals surface area (Å²) in [6.07, 6.45) is 4.33. The fourth-order valence-corrected chi connectivity index (χ4v) is 2.52. The molecule has 1 aliphatic carbocycles. The maximum atomic E-state index is 12.1. The second kappa shape index (κ2) is 6.02. The van der Waals surface area contributed by atoms with Crippen LogP contribution in [0.4, 0.5) is 0 Å². The van der Waals surface area contributed by atoms with E-state index in [1.165, 1.54) is 12.8 Å². The molecule has 2 aromatic rings. The predicted molar refractivity (Wildman–Crippen MR) is 82.4 cm³/mol. The SMILES string of the molecule is Cc1cnc(C2CC2)n1CCNC(=O)c1ccc(C#N)cc1. The molecule has 1 heterocycles. The number of nitrogens with one attached hydrogen (secondary N) is 1. The molecule has 1 amide bonds. The van der Waals surface area contributed by atoms with Crippen LogP contribution in [0.25, 0.3) is 0 Å². The van der Waals surface area contributed by atoms with Crippen LogP contribution in [0.15, 0.2) is 30.5 Å². The Morgan fingerprint density at radius 2 is 2.14 bits per heavy atom. The van der Waals surface area contributed by atoms with E-state index in [1.54, 1.807) is 24.3 Å². The van der Waals surface area contributed by atoms with E-state index in [4.69, 9.17) is 5.26 Å². The topological polar surface area (TPSA) is 70.7 Å². The number of imidazole rings is 1. The van der Waals surface area contributed by atoms with Crippen LogP contribution in [0, 0.1) is 18.3 Å². The Labute approximate surface area is 129 Å². The molecule has 1 fully saturated rings. The summed E-state index contributed by atoms with van der Waals surface area (Å²) in [6.45, 7) is 3.34. The maximum Gasteiger partial charge on any atom is 0.251 e. The Hall–Kier alpha value is -2.61. The van der Waals surface area contributed by atoms with Gasteiger partial charge in [0.1, 0.15) is 5.82 Å². The summed E-state index contributed by atoms with van der Waals surface area (Å²) in [5.74, 6) is 1.63. The van der Waals surface area contributed by atoms with Gasteiger partial charge >= 0.3 is 0 Å². The number of carbonyl (C=O) groups is 1. The van der Waals surface area contributed by atoms with Crippen molar-refractivity contribution in [3.63, 3.8) is 0 Å². The summed E-state index contributed by atoms with van der Waals surface area (Å²) in [5, 5.41) is 11.7. The Bertz CT molecular complexity index is 720. The molecule has 1 aromatic carbocycles. The molecule has 22 heavy (non-hydrogen) atoms. The molecule has 5 nitrogen and oxygen atoms in total. The molecule has 1 aliphatic rings. The normalized spacial score (nSPS) is 13.6. The number of aryl methyl sites for hydroxylation is 1. The number of rotatable bonds is 5. The minimum absolute atomic E-state index is 0.116. The third-order valence-electron chi connectivity index (χ3n) is 3.93. The molecular formula is C17H18N4O. The smallest absolute Gasteiger partial charge is 0.251 e. The zero-order valence-electron chi connectivity index (χ0n) is 12.5. The van der Waals surface area contributed by atoms with Gasteiger partial charge in [-0.25, -0.2) is 4.98 Å². The number of aromatic nitrogens is 2. The molecule has 1 saturated carbocycles. The zero-order chi connectivity index (χ0) is 15.5. The van der Waals surface area contributed by atoms with E-state index in [0.717, 1.165) is 18.1 Å². The number of hydrogen-bond acceptors (Lipinski definition) is 3. The molecule has 0 unspecified atom stereocenters. The summed E-state index contributed by atoms with van der Waals surface area (Å²) >= 11 is 0. The molecule has 3 rings (SSSR count). The highest BCUT2D eigenvalue weighted by Gasteiger charge is 2.28. The van der Waals surface area contributed by atoms with Crippen molar-refractivity contribution in [1.82, 2.24) is 14.9 Å². The lowest BCUT2D eigenvalue weighted by atomic mass is 10.1. The Morgan fingerprint density at radius 3 is 2.77 bits per heavy atom. The molecule has 112 valence electrons. The van der Waals surface area contributed by atoms with Gasteiger partial charge in [0.05, 0.1) is 11.6 Å². The molecule has 5 heteroatoms. The fourth-order valence-electron chi connectivity index (χ4n) is 2.52. The van der Waals surface area contributed by atoms with E-state index in [-0.39, 0.29) is 5.91 Å². The molecule has 0 radical (unpaired) electrons. The summed E-state index contributed by atoms with van der Waals surface area (Å²) in [5.41, 5.74) is 2.26. The Morgan fingerprint density at radius 1 is 1.41 bits per heavy atom. The summed E-state index contributed by atoms with van der Waals surface area (Å²) in [6, 6.07) is 8.69. The van der Waals surface area contributed by atoms with Gasteiger partial charge in [-0.05, 0) is 44.0 Å². The van der Waals surface area contributed by atoms with Crippen molar-refractivity contribution in [3.8, 4) is 6.07 Å². The van der Waals surface area contributed by atoms with Crippen LogP contribution in [0.3, 0.4) is 0 Å².